The number of hydrogen-bond acceptors (Lipinski definition) is 4. The van der Waals surface area contributed by atoms with Gasteiger partial charge in [-0.05, 0) is 0 Å². The molecular formula is C9H10N2O3. The lowest BCUT2D eigenvalue weighted by Crippen LogP contribution is -2.11. The van der Waals surface area contributed by atoms with E-state index in [1.165, 1.54) is 7.11 Å². The second-order valence-electron chi connectivity index (χ2n) is 2.60. The molecule has 0 heterocycles. The highest BCUT2D eigenvalue weighted by molar-refractivity contribution is 5.95. The molecule has 74 valence electrons. The number of esters is 1. The Morgan fingerprint density at radius 3 is 2.71 bits per heavy atom. The van der Waals surface area contributed by atoms with Crippen molar-refractivity contribution in [3.8, 4) is 6.07 Å². The van der Waals surface area contributed by atoms with Crippen molar-refractivity contribution in [2.75, 3.05) is 7.11 Å². The van der Waals surface area contributed by atoms with Gasteiger partial charge in [-0.3, -0.25) is 14.4 Å². The molecule has 0 N–H and O–H groups in total. The number of methoxy groups -OCH3 is 1. The summed E-state index contributed by atoms with van der Waals surface area (Å²) in [6, 6.07) is 0.957. The number of carbonyl (C=O) groups excluding carboxylic acids is 2. The molecule has 0 bridgehead atoms. The summed E-state index contributed by atoms with van der Waals surface area (Å²) in [7, 11) is 1.20. The van der Waals surface area contributed by atoms with Crippen molar-refractivity contribution in [2.24, 2.45) is 0 Å². The van der Waals surface area contributed by atoms with Crippen LogP contribution >= 0.6 is 0 Å². The van der Waals surface area contributed by atoms with Gasteiger partial charge in [-0.15, -0.1) is 0 Å². The Balaban J connectivity index is 3.82. The molecule has 0 aromatic heterocycles. The Labute approximate surface area is 82.1 Å². The fraction of sp³-hybridized carbons (Fsp3) is 0.556. The van der Waals surface area contributed by atoms with Gasteiger partial charge in [-0.2, -0.15) is 5.26 Å². The van der Waals surface area contributed by atoms with Crippen LogP contribution in [0, 0.1) is 17.9 Å². The van der Waals surface area contributed by atoms with Crippen LogP contribution in [-0.2, 0) is 14.3 Å². The van der Waals surface area contributed by atoms with Gasteiger partial charge in [0, 0.05) is 12.8 Å². The number of hydrogen-bond donors (Lipinski definition) is 0. The highest BCUT2D eigenvalue weighted by atomic mass is 16.5. The molecule has 5 heteroatoms. The summed E-state index contributed by atoms with van der Waals surface area (Å²) in [6.07, 6.45) is -0.0435. The maximum absolute atomic E-state index is 11.0. The molecule has 0 saturated heterocycles. The number of ketones is 1. The molecule has 1 unspecified atom stereocenters. The third-order valence-electron chi connectivity index (χ3n) is 1.57. The van der Waals surface area contributed by atoms with Gasteiger partial charge in [0.05, 0.1) is 7.11 Å². The van der Waals surface area contributed by atoms with E-state index in [0.717, 1.165) is 0 Å². The van der Waals surface area contributed by atoms with Crippen LogP contribution in [0.2, 0.25) is 0 Å². The van der Waals surface area contributed by atoms with Crippen LogP contribution in [0.3, 0.4) is 0 Å². The van der Waals surface area contributed by atoms with Crippen LogP contribution in [-0.4, -0.2) is 24.9 Å². The van der Waals surface area contributed by atoms with Crippen LogP contribution in [0.25, 0.3) is 4.85 Å². The maximum Gasteiger partial charge on any atom is 0.313 e. The number of nitrogens with zero attached hydrogens (tertiary/aromatic N) is 2. The molecule has 14 heavy (non-hydrogen) atoms. The lowest BCUT2D eigenvalue weighted by atomic mass is 10.1. The molecule has 0 rings (SSSR count). The van der Waals surface area contributed by atoms with Crippen LogP contribution in [0.4, 0.5) is 0 Å². The van der Waals surface area contributed by atoms with Gasteiger partial charge in [0.15, 0.2) is 6.07 Å². The molecule has 0 aromatic rings. The molecule has 0 fully saturated rings. The standard InChI is InChI=1S/C9H10N2O3/c1-11-7(6-10)3-4-8(12)5-9(13)14-2/h7H,3-5H2,2H3. The first-order valence-corrected chi connectivity index (χ1v) is 3.98. The molecule has 5 nitrogen and oxygen atoms in total. The van der Waals surface area contributed by atoms with Gasteiger partial charge in [-0.1, -0.05) is 0 Å². The predicted octanol–water partition coefficient (Wildman–Crippen LogP) is 0.710. The largest absolute Gasteiger partial charge is 0.469 e. The van der Waals surface area contributed by atoms with Crippen molar-refractivity contribution < 1.29 is 14.3 Å². The molecule has 0 spiro atoms. The van der Waals surface area contributed by atoms with Crippen molar-refractivity contribution in [1.29, 1.82) is 5.26 Å². The second kappa shape index (κ2) is 6.62. The van der Waals surface area contributed by atoms with Gasteiger partial charge in [0.25, 0.3) is 0 Å². The zero-order chi connectivity index (χ0) is 11.0. The van der Waals surface area contributed by atoms with Crippen molar-refractivity contribution in [3.05, 3.63) is 11.4 Å². The number of rotatable bonds is 5. The van der Waals surface area contributed by atoms with E-state index in [9.17, 15) is 9.59 Å². The first-order valence-electron chi connectivity index (χ1n) is 3.98. The summed E-state index contributed by atoms with van der Waals surface area (Å²) in [5.74, 6) is -0.896. The highest BCUT2D eigenvalue weighted by Crippen LogP contribution is 2.03. The number of nitriles is 1. The summed E-state index contributed by atoms with van der Waals surface area (Å²) < 4.78 is 4.30. The lowest BCUT2D eigenvalue weighted by Gasteiger charge is -1.98. The van der Waals surface area contributed by atoms with Gasteiger partial charge in [0.2, 0.25) is 0 Å². The monoisotopic (exact) mass is 194 g/mol. The maximum atomic E-state index is 11.0. The van der Waals surface area contributed by atoms with E-state index in [4.69, 9.17) is 11.8 Å². The fourth-order valence-corrected chi connectivity index (χ4v) is 0.777. The minimum absolute atomic E-state index is 0.0652. The summed E-state index contributed by atoms with van der Waals surface area (Å²) in [5.41, 5.74) is 0. The van der Waals surface area contributed by atoms with Crippen molar-refractivity contribution in [3.63, 3.8) is 0 Å². The molecular weight excluding hydrogens is 184 g/mol. The predicted molar refractivity (Wildman–Crippen MR) is 46.9 cm³/mol. The fourth-order valence-electron chi connectivity index (χ4n) is 0.777. The molecule has 0 aliphatic carbocycles. The van der Waals surface area contributed by atoms with E-state index in [1.807, 2.05) is 0 Å². The first kappa shape index (κ1) is 12.1. The van der Waals surface area contributed by atoms with E-state index >= 15 is 0 Å². The average molecular weight is 194 g/mol. The van der Waals surface area contributed by atoms with E-state index in [2.05, 4.69) is 9.58 Å². The third kappa shape index (κ3) is 4.89. The quantitative estimate of drug-likeness (QED) is 0.367. The minimum Gasteiger partial charge on any atom is -0.469 e. The number of Topliss-reactive ketones (excluding diaryl/α,β-unsaturated/α-hetero) is 1. The number of ether oxygens (including phenoxy) is 1. The van der Waals surface area contributed by atoms with Crippen LogP contribution in [0.15, 0.2) is 0 Å². The normalized spacial score (nSPS) is 10.8. The van der Waals surface area contributed by atoms with Gasteiger partial charge < -0.3 is 4.74 Å². The molecule has 0 saturated carbocycles. The molecule has 0 aliphatic heterocycles. The summed E-state index contributed by atoms with van der Waals surface area (Å²) in [6.45, 7) is 6.58. The zero-order valence-corrected chi connectivity index (χ0v) is 7.82. The van der Waals surface area contributed by atoms with Gasteiger partial charge >= 0.3 is 12.0 Å². The SMILES string of the molecule is [C-]#[N+]C(C#N)CCC(=O)CC(=O)OC. The molecule has 0 amide bonds. The highest BCUT2D eigenvalue weighted by Gasteiger charge is 2.15. The lowest BCUT2D eigenvalue weighted by molar-refractivity contribution is -0.143. The zero-order valence-electron chi connectivity index (χ0n) is 7.82. The average Bonchev–Trinajstić information content (AvgIpc) is 2.19. The Kier molecular flexibility index (Phi) is 5.73. The van der Waals surface area contributed by atoms with Crippen LogP contribution in [0.1, 0.15) is 19.3 Å². The molecule has 0 aromatic carbocycles. The Morgan fingerprint density at radius 1 is 1.64 bits per heavy atom. The minimum atomic E-state index is -0.795. The van der Waals surface area contributed by atoms with E-state index in [0.29, 0.717) is 0 Å². The van der Waals surface area contributed by atoms with Gasteiger partial charge in [0.1, 0.15) is 12.2 Å². The van der Waals surface area contributed by atoms with E-state index in [-0.39, 0.29) is 25.0 Å². The second-order valence-corrected chi connectivity index (χ2v) is 2.60. The Morgan fingerprint density at radius 2 is 2.29 bits per heavy atom. The number of carbonyl (C=O) groups is 2. The molecule has 0 radical (unpaired) electrons. The molecule has 0 aliphatic rings. The van der Waals surface area contributed by atoms with Crippen molar-refractivity contribution in [1.82, 2.24) is 0 Å². The molecule has 1 atom stereocenters. The topological polar surface area (TPSA) is 71.5 Å². The summed E-state index contributed by atoms with van der Waals surface area (Å²) in [5, 5.41) is 8.40. The van der Waals surface area contributed by atoms with Crippen molar-refractivity contribution in [2.45, 2.75) is 25.3 Å². The smallest absolute Gasteiger partial charge is 0.313 e. The Hall–Kier alpha value is -1.88. The Bertz CT molecular complexity index is 284. The van der Waals surface area contributed by atoms with Crippen LogP contribution in [0.5, 0.6) is 0 Å². The summed E-state index contributed by atoms with van der Waals surface area (Å²) >= 11 is 0. The van der Waals surface area contributed by atoms with Gasteiger partial charge in [-0.25, -0.2) is 6.57 Å². The third-order valence-corrected chi connectivity index (χ3v) is 1.57. The first-order chi connectivity index (χ1) is 6.63. The van der Waals surface area contributed by atoms with Crippen molar-refractivity contribution >= 4 is 11.8 Å². The van der Waals surface area contributed by atoms with E-state index < -0.39 is 12.0 Å². The van der Waals surface area contributed by atoms with Crippen LogP contribution < -0.4 is 0 Å². The summed E-state index contributed by atoms with van der Waals surface area (Å²) in [4.78, 5) is 24.7. The van der Waals surface area contributed by atoms with E-state index in [1.54, 1.807) is 6.07 Å².